The number of pyridine rings is 1. The lowest BCUT2D eigenvalue weighted by Gasteiger charge is -2.34. The predicted molar refractivity (Wildman–Crippen MR) is 157 cm³/mol. The van der Waals surface area contributed by atoms with E-state index in [1.54, 1.807) is 18.3 Å². The minimum atomic E-state index is -0.690. The molecule has 4 unspecified atom stereocenters. The zero-order valence-electron chi connectivity index (χ0n) is 23.6. The number of anilines is 1. The third kappa shape index (κ3) is 4.18. The van der Waals surface area contributed by atoms with Gasteiger partial charge in [-0.2, -0.15) is 9.97 Å². The third-order valence-corrected chi connectivity index (χ3v) is 9.80. The van der Waals surface area contributed by atoms with Crippen LogP contribution in [0.15, 0.2) is 36.5 Å². The molecule has 8 rings (SSSR count). The Kier molecular flexibility index (Phi) is 6.01. The van der Waals surface area contributed by atoms with Crippen molar-refractivity contribution in [3.63, 3.8) is 0 Å². The van der Waals surface area contributed by atoms with Gasteiger partial charge in [-0.25, -0.2) is 8.78 Å². The van der Waals surface area contributed by atoms with Gasteiger partial charge in [0.1, 0.15) is 35.2 Å². The fourth-order valence-electron chi connectivity index (χ4n) is 8.06. The summed E-state index contributed by atoms with van der Waals surface area (Å²) in [4.78, 5) is 18.7. The highest BCUT2D eigenvalue weighted by Crippen LogP contribution is 2.42. The largest absolute Gasteiger partial charge is 0.508 e. The fraction of sp³-hybridized carbons (Fsp3) is 0.469. The molecule has 2 N–H and O–H groups in total. The van der Waals surface area contributed by atoms with Crippen LogP contribution in [0.1, 0.15) is 39.0 Å². The van der Waals surface area contributed by atoms with Crippen molar-refractivity contribution in [1.29, 1.82) is 0 Å². The van der Waals surface area contributed by atoms with Crippen molar-refractivity contribution in [2.75, 3.05) is 37.7 Å². The van der Waals surface area contributed by atoms with Crippen LogP contribution in [-0.2, 0) is 0 Å². The molecular weight excluding hydrogens is 538 g/mol. The molecule has 10 heteroatoms. The summed E-state index contributed by atoms with van der Waals surface area (Å²) in [5, 5.41) is 15.2. The monoisotopic (exact) mass is 572 g/mol. The van der Waals surface area contributed by atoms with Gasteiger partial charge in [0, 0.05) is 48.9 Å². The van der Waals surface area contributed by atoms with Crippen LogP contribution in [0, 0.1) is 17.6 Å². The van der Waals surface area contributed by atoms with Gasteiger partial charge in [0.2, 0.25) is 0 Å². The van der Waals surface area contributed by atoms with E-state index >= 15 is 8.78 Å². The second-order valence-electron chi connectivity index (χ2n) is 12.8. The zero-order valence-corrected chi connectivity index (χ0v) is 23.6. The average molecular weight is 573 g/mol. The van der Waals surface area contributed by atoms with Gasteiger partial charge in [-0.05, 0) is 68.2 Å². The highest BCUT2D eigenvalue weighted by Gasteiger charge is 2.48. The Morgan fingerprint density at radius 2 is 1.95 bits per heavy atom. The van der Waals surface area contributed by atoms with Crippen molar-refractivity contribution in [2.45, 2.75) is 56.7 Å². The van der Waals surface area contributed by atoms with Gasteiger partial charge in [0.15, 0.2) is 5.82 Å². The van der Waals surface area contributed by atoms with Crippen molar-refractivity contribution >= 4 is 27.5 Å². The van der Waals surface area contributed by atoms with Crippen LogP contribution in [0.25, 0.3) is 32.9 Å². The number of nitrogens with one attached hydrogen (secondary N) is 1. The van der Waals surface area contributed by atoms with Crippen LogP contribution in [0.2, 0.25) is 0 Å². The number of benzene rings is 2. The molecule has 2 aromatic heterocycles. The number of fused-ring (bicyclic) bond motifs is 5. The summed E-state index contributed by atoms with van der Waals surface area (Å²) in [6.45, 7) is 6.37. The van der Waals surface area contributed by atoms with Gasteiger partial charge < -0.3 is 20.1 Å². The molecule has 0 spiro atoms. The Labute approximate surface area is 242 Å². The van der Waals surface area contributed by atoms with Gasteiger partial charge >= 0.3 is 6.01 Å². The van der Waals surface area contributed by atoms with Gasteiger partial charge in [-0.3, -0.25) is 9.88 Å². The maximum atomic E-state index is 16.6. The normalized spacial score (nSPS) is 27.3. The van der Waals surface area contributed by atoms with Crippen LogP contribution in [0.4, 0.5) is 14.6 Å². The number of phenolic OH excluding ortho intramolecular Hbond substituents is 1. The van der Waals surface area contributed by atoms with Crippen LogP contribution < -0.4 is 15.0 Å². The van der Waals surface area contributed by atoms with Crippen LogP contribution in [0.5, 0.6) is 11.8 Å². The highest BCUT2D eigenvalue weighted by molar-refractivity contribution is 6.00. The van der Waals surface area contributed by atoms with Crippen LogP contribution >= 0.6 is 0 Å². The summed E-state index contributed by atoms with van der Waals surface area (Å²) < 4.78 is 38.0. The number of piperazine rings is 1. The summed E-state index contributed by atoms with van der Waals surface area (Å²) in [5.74, 6) is -0.0944. The summed E-state index contributed by atoms with van der Waals surface area (Å²) >= 11 is 0. The molecular formula is C32H34F2N6O2. The molecule has 4 atom stereocenters. The molecule has 4 saturated heterocycles. The lowest BCUT2D eigenvalue weighted by Crippen LogP contribution is -2.51. The van der Waals surface area contributed by atoms with E-state index < -0.39 is 11.6 Å². The molecule has 4 fully saturated rings. The number of phenols is 1. The minimum Gasteiger partial charge on any atom is -0.508 e. The van der Waals surface area contributed by atoms with Crippen molar-refractivity contribution in [1.82, 2.24) is 25.2 Å². The number of hydrogen-bond acceptors (Lipinski definition) is 8. The lowest BCUT2D eigenvalue weighted by molar-refractivity contribution is 0.107. The van der Waals surface area contributed by atoms with E-state index in [1.807, 2.05) is 0 Å². The molecule has 0 amide bonds. The van der Waals surface area contributed by atoms with E-state index in [1.165, 1.54) is 18.2 Å². The molecule has 0 saturated carbocycles. The molecule has 8 nitrogen and oxygen atoms in total. The minimum absolute atomic E-state index is 0.0357. The maximum absolute atomic E-state index is 16.6. The summed E-state index contributed by atoms with van der Waals surface area (Å²) in [6.07, 6.45) is 7.03. The second-order valence-corrected chi connectivity index (χ2v) is 12.8. The maximum Gasteiger partial charge on any atom is 0.319 e. The van der Waals surface area contributed by atoms with Gasteiger partial charge in [0.25, 0.3) is 0 Å². The van der Waals surface area contributed by atoms with E-state index in [2.05, 4.69) is 32.0 Å². The van der Waals surface area contributed by atoms with E-state index in [0.29, 0.717) is 41.2 Å². The van der Waals surface area contributed by atoms with E-state index in [-0.39, 0.29) is 39.5 Å². The molecule has 0 aliphatic carbocycles. The molecule has 4 aliphatic heterocycles. The molecule has 0 radical (unpaired) electrons. The number of nitrogens with zero attached hydrogens (tertiary/aromatic N) is 5. The van der Waals surface area contributed by atoms with Crippen molar-refractivity contribution in [3.8, 4) is 23.0 Å². The smallest absolute Gasteiger partial charge is 0.319 e. The van der Waals surface area contributed by atoms with Crippen LogP contribution in [-0.4, -0.2) is 75.4 Å². The van der Waals surface area contributed by atoms with Crippen molar-refractivity contribution < 1.29 is 18.6 Å². The van der Waals surface area contributed by atoms with Crippen molar-refractivity contribution in [3.05, 3.63) is 48.2 Å². The number of aromatic hydroxyl groups is 1. The zero-order chi connectivity index (χ0) is 28.6. The number of hydrogen-bond donors (Lipinski definition) is 2. The average Bonchev–Trinajstić information content (AvgIpc) is 3.61. The topological polar surface area (TPSA) is 86.6 Å². The Hall–Kier alpha value is -3.63. The van der Waals surface area contributed by atoms with E-state index in [4.69, 9.17) is 9.72 Å². The highest BCUT2D eigenvalue weighted by atomic mass is 19.1. The van der Waals surface area contributed by atoms with Gasteiger partial charge in [-0.15, -0.1) is 0 Å². The summed E-state index contributed by atoms with van der Waals surface area (Å²) in [6, 6.07) is 8.22. The summed E-state index contributed by atoms with van der Waals surface area (Å²) in [7, 11) is 0. The van der Waals surface area contributed by atoms with Crippen LogP contribution in [0.3, 0.4) is 0 Å². The van der Waals surface area contributed by atoms with Crippen molar-refractivity contribution in [2.24, 2.45) is 5.92 Å². The quantitative estimate of drug-likeness (QED) is 0.345. The molecule has 42 heavy (non-hydrogen) atoms. The lowest BCUT2D eigenvalue weighted by atomic mass is 9.92. The number of aromatic nitrogens is 3. The molecule has 2 aromatic carbocycles. The number of halogens is 2. The Balaban J connectivity index is 1.26. The molecule has 6 heterocycles. The van der Waals surface area contributed by atoms with Gasteiger partial charge in [-0.1, -0.05) is 19.1 Å². The Morgan fingerprint density at radius 3 is 2.79 bits per heavy atom. The molecule has 218 valence electrons. The Bertz CT molecular complexity index is 1710. The second kappa shape index (κ2) is 9.70. The number of rotatable bonds is 5. The molecule has 4 aromatic rings. The van der Waals surface area contributed by atoms with E-state index in [9.17, 15) is 5.11 Å². The fourth-order valence-corrected chi connectivity index (χ4v) is 8.06. The summed E-state index contributed by atoms with van der Waals surface area (Å²) in [5.41, 5.74) is 0.145. The predicted octanol–water partition coefficient (Wildman–Crippen LogP) is 5.02. The standard InChI is InChI=1S/C32H34F2N6O2/c1-18-12-32(8-3-9-40(32)14-18)17-42-31-37-29-24(30(38-31)39-15-20-6-7-21(16-39)36-20)13-35-28(27(29)34)23-11-22(41)10-19-4-2-5-25(33)26(19)23/h2,4-5,10-11,13,18,20-21,36,41H,3,6-9,12,14-17H2,1H3. The first-order valence-corrected chi connectivity index (χ1v) is 15.0. The SMILES string of the molecule is CC1CN2CCCC2(COc2nc(N3CC4CCC(C3)N4)c3cnc(-c4cc(O)cc5cccc(F)c45)c(F)c3n2)C1. The van der Waals surface area contributed by atoms with E-state index in [0.717, 1.165) is 58.3 Å². The van der Waals surface area contributed by atoms with Gasteiger partial charge in [0.05, 0.1) is 10.9 Å². The molecule has 4 aliphatic rings. The third-order valence-electron chi connectivity index (χ3n) is 9.80. The first-order valence-electron chi connectivity index (χ1n) is 15.0. The first kappa shape index (κ1) is 26.0. The first-order chi connectivity index (χ1) is 20.4. The Morgan fingerprint density at radius 1 is 1.12 bits per heavy atom. The molecule has 2 bridgehead atoms. The number of ether oxygens (including phenoxy) is 1.